The van der Waals surface area contributed by atoms with E-state index in [0.29, 0.717) is 42.4 Å². The molecule has 0 unspecified atom stereocenters. The van der Waals surface area contributed by atoms with Crippen molar-refractivity contribution in [2.24, 2.45) is 11.8 Å². The summed E-state index contributed by atoms with van der Waals surface area (Å²) in [4.78, 5) is 27.2. The normalized spacial score (nSPS) is 19.6. The number of nitrogens with zero attached hydrogens (tertiary/aromatic N) is 2. The minimum absolute atomic E-state index is 0.140. The van der Waals surface area contributed by atoms with Gasteiger partial charge < -0.3 is 19.7 Å². The number of carboxylic acid groups (broad SMARTS) is 1. The number of hydrogen-bond donors (Lipinski definition) is 2. The van der Waals surface area contributed by atoms with Crippen LogP contribution in [0, 0.1) is 18.8 Å². The Bertz CT molecular complexity index is 756. The van der Waals surface area contributed by atoms with Gasteiger partial charge in [0.15, 0.2) is 12.4 Å². The first-order chi connectivity index (χ1) is 12.0. The molecule has 132 valence electrons. The number of carboxylic acids is 1. The van der Waals surface area contributed by atoms with Gasteiger partial charge in [0.2, 0.25) is 5.91 Å². The zero-order valence-corrected chi connectivity index (χ0v) is 13.8. The lowest BCUT2D eigenvalue weighted by atomic mass is 10.0. The molecule has 1 aromatic heterocycles. The molecule has 2 N–H and O–H groups in total. The van der Waals surface area contributed by atoms with Crippen LogP contribution in [0.1, 0.15) is 31.0 Å². The first-order valence-electron chi connectivity index (χ1n) is 8.07. The van der Waals surface area contributed by atoms with Crippen molar-refractivity contribution in [3.8, 4) is 5.75 Å². The fourth-order valence-electron chi connectivity index (χ4n) is 2.87. The highest BCUT2D eigenvalue weighted by molar-refractivity contribution is 5.93. The molecule has 0 bridgehead atoms. The average molecular weight is 345 g/mol. The van der Waals surface area contributed by atoms with Gasteiger partial charge in [-0.2, -0.15) is 4.98 Å². The number of rotatable bonds is 6. The Labute approximate surface area is 144 Å². The molecule has 1 aromatic carbocycles. The van der Waals surface area contributed by atoms with Crippen LogP contribution in [0.25, 0.3) is 0 Å². The van der Waals surface area contributed by atoms with E-state index < -0.39 is 11.9 Å². The summed E-state index contributed by atoms with van der Waals surface area (Å²) in [5, 5.41) is 15.5. The molecule has 3 rings (SSSR count). The molecule has 0 radical (unpaired) electrons. The van der Waals surface area contributed by atoms with E-state index in [1.54, 1.807) is 31.2 Å². The van der Waals surface area contributed by atoms with Gasteiger partial charge in [0.25, 0.3) is 5.89 Å². The second-order valence-electron chi connectivity index (χ2n) is 6.08. The number of anilines is 1. The molecule has 1 fully saturated rings. The number of carbonyl (C=O) groups excluding carboxylic acids is 1. The molecule has 1 heterocycles. The molecule has 0 saturated heterocycles. The van der Waals surface area contributed by atoms with Crippen molar-refractivity contribution in [1.82, 2.24) is 10.1 Å². The fraction of sp³-hybridized carbons (Fsp3) is 0.412. The molecule has 0 spiro atoms. The number of nitrogens with one attached hydrogen (secondary N) is 1. The van der Waals surface area contributed by atoms with Gasteiger partial charge in [0, 0.05) is 11.6 Å². The molecule has 1 saturated carbocycles. The highest BCUT2D eigenvalue weighted by Gasteiger charge is 2.33. The van der Waals surface area contributed by atoms with Crippen LogP contribution in [0.4, 0.5) is 5.69 Å². The number of benzene rings is 1. The van der Waals surface area contributed by atoms with Crippen LogP contribution in [-0.4, -0.2) is 27.1 Å². The van der Waals surface area contributed by atoms with Gasteiger partial charge in [-0.1, -0.05) is 5.16 Å². The monoisotopic (exact) mass is 345 g/mol. The topological polar surface area (TPSA) is 115 Å². The second-order valence-corrected chi connectivity index (χ2v) is 6.08. The quantitative estimate of drug-likeness (QED) is 0.826. The summed E-state index contributed by atoms with van der Waals surface area (Å²) in [5.74, 6) is -0.0804. The highest BCUT2D eigenvalue weighted by atomic mass is 16.5. The van der Waals surface area contributed by atoms with Crippen molar-refractivity contribution < 1.29 is 24.0 Å². The van der Waals surface area contributed by atoms with E-state index in [4.69, 9.17) is 14.4 Å². The van der Waals surface area contributed by atoms with Gasteiger partial charge in [-0.15, -0.1) is 0 Å². The first-order valence-corrected chi connectivity index (χ1v) is 8.07. The molecule has 2 aromatic rings. The average Bonchev–Trinajstić information content (AvgIpc) is 3.23. The van der Waals surface area contributed by atoms with Crippen molar-refractivity contribution in [1.29, 1.82) is 0 Å². The predicted octanol–water partition coefficient (Wildman–Crippen LogP) is 2.40. The van der Waals surface area contributed by atoms with Crippen molar-refractivity contribution in [3.05, 3.63) is 36.0 Å². The lowest BCUT2D eigenvalue weighted by Crippen LogP contribution is -2.21. The molecule has 1 aliphatic rings. The third-order valence-corrected chi connectivity index (χ3v) is 4.21. The summed E-state index contributed by atoms with van der Waals surface area (Å²) in [6.45, 7) is 1.90. The number of aliphatic carboxylic acids is 1. The van der Waals surface area contributed by atoms with Crippen LogP contribution in [0.5, 0.6) is 5.75 Å². The number of hydrogen-bond acceptors (Lipinski definition) is 6. The third-order valence-electron chi connectivity index (χ3n) is 4.21. The van der Waals surface area contributed by atoms with Gasteiger partial charge in [-0.05, 0) is 50.5 Å². The predicted molar refractivity (Wildman–Crippen MR) is 86.9 cm³/mol. The van der Waals surface area contributed by atoms with E-state index in [1.807, 2.05) is 0 Å². The summed E-state index contributed by atoms with van der Waals surface area (Å²) in [6, 6.07) is 6.92. The van der Waals surface area contributed by atoms with Gasteiger partial charge in [-0.25, -0.2) is 0 Å². The maximum Gasteiger partial charge on any atom is 0.306 e. The summed E-state index contributed by atoms with van der Waals surface area (Å²) >= 11 is 0. The van der Waals surface area contributed by atoms with E-state index >= 15 is 0 Å². The lowest BCUT2D eigenvalue weighted by molar-refractivity contribution is -0.141. The van der Waals surface area contributed by atoms with Crippen LogP contribution in [0.15, 0.2) is 28.8 Å². The number of aromatic nitrogens is 2. The number of amides is 1. The Kier molecular flexibility index (Phi) is 4.97. The molecule has 2 atom stereocenters. The molecule has 1 amide bonds. The van der Waals surface area contributed by atoms with Crippen molar-refractivity contribution in [2.75, 3.05) is 5.32 Å². The van der Waals surface area contributed by atoms with E-state index in [2.05, 4.69) is 15.5 Å². The van der Waals surface area contributed by atoms with E-state index in [1.165, 1.54) is 0 Å². The molecular weight excluding hydrogens is 326 g/mol. The van der Waals surface area contributed by atoms with Gasteiger partial charge in [0.1, 0.15) is 5.75 Å². The summed E-state index contributed by atoms with van der Waals surface area (Å²) in [6.07, 6.45) is 1.55. The summed E-state index contributed by atoms with van der Waals surface area (Å²) in [7, 11) is 0. The minimum atomic E-state index is -0.826. The SMILES string of the molecule is Cc1noc(COc2ccc(NC(=O)[C@@H]3CC[C@H](C(=O)O)C3)cc2)n1. The van der Waals surface area contributed by atoms with Crippen molar-refractivity contribution in [3.63, 3.8) is 0 Å². The number of carbonyl (C=O) groups is 2. The Balaban J connectivity index is 1.50. The lowest BCUT2D eigenvalue weighted by Gasteiger charge is -2.11. The van der Waals surface area contributed by atoms with Gasteiger partial charge in [-0.3, -0.25) is 9.59 Å². The smallest absolute Gasteiger partial charge is 0.306 e. The van der Waals surface area contributed by atoms with Crippen LogP contribution in [-0.2, 0) is 16.2 Å². The second kappa shape index (κ2) is 7.33. The maximum absolute atomic E-state index is 12.2. The van der Waals surface area contributed by atoms with Crippen LogP contribution >= 0.6 is 0 Å². The Hall–Kier alpha value is -2.90. The van der Waals surface area contributed by atoms with Crippen LogP contribution in [0.3, 0.4) is 0 Å². The fourth-order valence-corrected chi connectivity index (χ4v) is 2.87. The maximum atomic E-state index is 12.2. The Morgan fingerprint density at radius 3 is 2.60 bits per heavy atom. The molecular formula is C17H19N3O5. The zero-order chi connectivity index (χ0) is 17.8. The largest absolute Gasteiger partial charge is 0.484 e. The van der Waals surface area contributed by atoms with E-state index in [9.17, 15) is 9.59 Å². The number of ether oxygens (including phenoxy) is 1. The molecule has 8 heteroatoms. The van der Waals surface area contributed by atoms with Gasteiger partial charge >= 0.3 is 5.97 Å². The zero-order valence-electron chi connectivity index (χ0n) is 13.8. The van der Waals surface area contributed by atoms with E-state index in [0.717, 1.165) is 0 Å². The first kappa shape index (κ1) is 16.9. The molecule has 1 aliphatic carbocycles. The third kappa shape index (κ3) is 4.34. The Morgan fingerprint density at radius 1 is 1.28 bits per heavy atom. The van der Waals surface area contributed by atoms with E-state index in [-0.39, 0.29) is 18.4 Å². The molecule has 25 heavy (non-hydrogen) atoms. The Morgan fingerprint density at radius 2 is 2.00 bits per heavy atom. The van der Waals surface area contributed by atoms with Crippen LogP contribution in [0.2, 0.25) is 0 Å². The summed E-state index contributed by atoms with van der Waals surface area (Å²) < 4.78 is 10.5. The van der Waals surface area contributed by atoms with Crippen LogP contribution < -0.4 is 10.1 Å². The standard InChI is InChI=1S/C17H19N3O5/c1-10-18-15(25-20-10)9-24-14-6-4-13(5-7-14)19-16(21)11-2-3-12(8-11)17(22)23/h4-7,11-12H,2-3,8-9H2,1H3,(H,19,21)(H,22,23)/t11-,12+/m1/s1. The van der Waals surface area contributed by atoms with Gasteiger partial charge in [0.05, 0.1) is 5.92 Å². The minimum Gasteiger partial charge on any atom is -0.484 e. The molecule has 8 nitrogen and oxygen atoms in total. The highest BCUT2D eigenvalue weighted by Crippen LogP contribution is 2.32. The van der Waals surface area contributed by atoms with Crippen molar-refractivity contribution in [2.45, 2.75) is 32.8 Å². The number of aryl methyl sites for hydroxylation is 1. The molecule has 0 aliphatic heterocycles. The van der Waals surface area contributed by atoms with Crippen molar-refractivity contribution >= 4 is 17.6 Å². The summed E-state index contributed by atoms with van der Waals surface area (Å²) in [5.41, 5.74) is 0.643.